The first-order valence-corrected chi connectivity index (χ1v) is 24.8. The largest absolute Gasteiger partial charge is 4.00 e. The predicted molar refractivity (Wildman–Crippen MR) is 254 cm³/mol. The SMILES string of the molecule is CCCCC(CCCC)(C(C)=O)C(=O)C(=O)[O-].CCCCC(CCCC)(C(C)=O)C(=O)C(=O)[O-].CCCCC(CCCC)(C(C)=O)C(=O)C(=O)[O-].CCCCC(CCCC)(C(C)=O)C(=O)C(=O)[O-].[Sn+4]. The van der Waals surface area contributed by atoms with Gasteiger partial charge in [0, 0.05) is 0 Å². The van der Waals surface area contributed by atoms with Crippen LogP contribution in [0, 0.1) is 21.7 Å². The maximum atomic E-state index is 11.7. The number of aliphatic carboxylic acids is 4. The molecule has 0 aromatic heterocycles. The molecule has 0 aliphatic heterocycles. The maximum absolute atomic E-state index is 11.7. The summed E-state index contributed by atoms with van der Waals surface area (Å²) in [6.45, 7) is 20.7. The minimum Gasteiger partial charge on any atom is -0.542 e. The molecule has 0 heterocycles. The molecule has 16 nitrogen and oxygen atoms in total. The molecule has 17 heteroatoms. The molecule has 0 unspecified atom stereocenters. The maximum Gasteiger partial charge on any atom is 4.00 e. The number of ketones is 8. The van der Waals surface area contributed by atoms with E-state index in [1.54, 1.807) is 0 Å². The molecule has 0 aliphatic carbocycles. The third-order valence-electron chi connectivity index (χ3n) is 12.8. The Morgan fingerprint density at radius 3 is 0.420 bits per heavy atom. The molecule has 0 spiro atoms. The van der Waals surface area contributed by atoms with Crippen molar-refractivity contribution in [3.63, 3.8) is 0 Å². The summed E-state index contributed by atoms with van der Waals surface area (Å²) in [6.07, 6.45) is 14.4. The third kappa shape index (κ3) is 24.6. The summed E-state index contributed by atoms with van der Waals surface area (Å²) < 4.78 is 0. The second-order valence-corrected chi connectivity index (χ2v) is 17.8. The molecule has 0 aromatic carbocycles. The van der Waals surface area contributed by atoms with Gasteiger partial charge in [0.15, 0.2) is 23.1 Å². The first kappa shape index (κ1) is 74.0. The normalized spacial score (nSPS) is 11.1. The molecular formula is C52H84O16Sn. The average molecular weight is 1080 g/mol. The van der Waals surface area contributed by atoms with Crippen molar-refractivity contribution in [2.75, 3.05) is 0 Å². The van der Waals surface area contributed by atoms with Gasteiger partial charge in [-0.05, 0) is 79.1 Å². The van der Waals surface area contributed by atoms with E-state index in [-0.39, 0.29) is 47.0 Å². The van der Waals surface area contributed by atoms with Crippen LogP contribution in [-0.2, 0) is 57.5 Å². The Morgan fingerprint density at radius 1 is 0.261 bits per heavy atom. The van der Waals surface area contributed by atoms with Crippen LogP contribution in [0.15, 0.2) is 0 Å². The molecular weight excluding hydrogens is 999 g/mol. The number of carbonyl (C=O) groups is 12. The van der Waals surface area contributed by atoms with E-state index in [9.17, 15) is 78.0 Å². The summed E-state index contributed by atoms with van der Waals surface area (Å²) in [7, 11) is 0. The van der Waals surface area contributed by atoms with Crippen LogP contribution < -0.4 is 20.4 Å². The van der Waals surface area contributed by atoms with Crippen LogP contribution in [0.4, 0.5) is 0 Å². The predicted octanol–water partition coefficient (Wildman–Crippen LogP) is 4.66. The molecule has 0 fully saturated rings. The van der Waals surface area contributed by atoms with Crippen molar-refractivity contribution < 1.29 is 78.0 Å². The molecule has 0 atom stereocenters. The minimum absolute atomic E-state index is 0. The molecule has 0 N–H and O–H groups in total. The summed E-state index contributed by atoms with van der Waals surface area (Å²) in [6, 6.07) is 0. The van der Waals surface area contributed by atoms with E-state index in [4.69, 9.17) is 0 Å². The first-order valence-electron chi connectivity index (χ1n) is 24.8. The summed E-state index contributed by atoms with van der Waals surface area (Å²) in [5, 5.41) is 43.1. The fraction of sp³-hybridized carbons (Fsp3) is 0.769. The van der Waals surface area contributed by atoms with Gasteiger partial charge in [-0.2, -0.15) is 0 Å². The molecule has 0 aromatic rings. The van der Waals surface area contributed by atoms with Crippen LogP contribution in [0.3, 0.4) is 0 Å². The summed E-state index contributed by atoms with van der Waals surface area (Å²) in [4.78, 5) is 137. The molecule has 0 saturated carbocycles. The molecule has 392 valence electrons. The smallest absolute Gasteiger partial charge is 0.542 e. The van der Waals surface area contributed by atoms with Crippen molar-refractivity contribution >= 4 is 94.1 Å². The van der Waals surface area contributed by atoms with Gasteiger partial charge in [0.05, 0.1) is 21.7 Å². The van der Waals surface area contributed by atoms with Gasteiger partial charge in [0.25, 0.3) is 0 Å². The van der Waals surface area contributed by atoms with Gasteiger partial charge in [0.1, 0.15) is 47.0 Å². The molecule has 0 saturated heterocycles. The van der Waals surface area contributed by atoms with Crippen molar-refractivity contribution in [1.29, 1.82) is 0 Å². The van der Waals surface area contributed by atoms with Crippen LogP contribution in [0.25, 0.3) is 0 Å². The van der Waals surface area contributed by atoms with Crippen LogP contribution in [0.5, 0.6) is 0 Å². The van der Waals surface area contributed by atoms with E-state index in [1.807, 2.05) is 55.4 Å². The third-order valence-corrected chi connectivity index (χ3v) is 12.8. The molecule has 0 radical (unpaired) electrons. The van der Waals surface area contributed by atoms with E-state index in [2.05, 4.69) is 0 Å². The monoisotopic (exact) mass is 1080 g/mol. The van der Waals surface area contributed by atoms with Crippen molar-refractivity contribution in [3.05, 3.63) is 0 Å². The Hall–Kier alpha value is -3.96. The number of unbranched alkanes of at least 4 members (excludes halogenated alkanes) is 8. The second-order valence-electron chi connectivity index (χ2n) is 17.8. The van der Waals surface area contributed by atoms with E-state index < -0.39 is 68.7 Å². The Kier molecular flexibility index (Phi) is 42.6. The summed E-state index contributed by atoms with van der Waals surface area (Å²) in [5.41, 5.74) is -5.43. The Balaban J connectivity index is -0.000000263. The van der Waals surface area contributed by atoms with Crippen LogP contribution in [-0.4, -0.2) is 94.1 Å². The van der Waals surface area contributed by atoms with Crippen molar-refractivity contribution in [1.82, 2.24) is 0 Å². The Morgan fingerprint density at radius 2 is 0.362 bits per heavy atom. The van der Waals surface area contributed by atoms with Gasteiger partial charge >= 0.3 is 23.9 Å². The fourth-order valence-corrected chi connectivity index (χ4v) is 8.07. The van der Waals surface area contributed by atoms with Crippen LogP contribution in [0.1, 0.15) is 237 Å². The minimum atomic E-state index is -1.74. The van der Waals surface area contributed by atoms with Gasteiger partial charge in [0.2, 0.25) is 0 Å². The Labute approximate surface area is 429 Å². The van der Waals surface area contributed by atoms with Crippen LogP contribution >= 0.6 is 0 Å². The number of carboxylic acids is 4. The molecule has 0 rings (SSSR count). The quantitative estimate of drug-likeness (QED) is 0.0468. The summed E-state index contributed by atoms with van der Waals surface area (Å²) >= 11 is 0. The second kappa shape index (κ2) is 39.7. The molecule has 0 amide bonds. The zero-order chi connectivity index (χ0) is 53.9. The molecule has 69 heavy (non-hydrogen) atoms. The number of carbonyl (C=O) groups excluding carboxylic acids is 12. The molecule has 0 bridgehead atoms. The van der Waals surface area contributed by atoms with E-state index in [1.165, 1.54) is 27.7 Å². The zero-order valence-electron chi connectivity index (χ0n) is 44.0. The van der Waals surface area contributed by atoms with Gasteiger partial charge in [-0.25, -0.2) is 0 Å². The number of Topliss-reactive ketones (excluding diaryl/α,β-unsaturated/α-hetero) is 8. The number of hydrogen-bond acceptors (Lipinski definition) is 16. The van der Waals surface area contributed by atoms with Crippen molar-refractivity contribution in [2.45, 2.75) is 237 Å². The van der Waals surface area contributed by atoms with Gasteiger partial charge in [-0.15, -0.1) is 0 Å². The van der Waals surface area contributed by atoms with Crippen molar-refractivity contribution in [2.24, 2.45) is 21.7 Å². The van der Waals surface area contributed by atoms with Gasteiger partial charge < -0.3 is 39.6 Å². The van der Waals surface area contributed by atoms with E-state index in [0.29, 0.717) is 103 Å². The van der Waals surface area contributed by atoms with Gasteiger partial charge in [-0.3, -0.25) is 38.4 Å². The topological polar surface area (TPSA) is 297 Å². The average Bonchev–Trinajstić information content (AvgIpc) is 3.28. The van der Waals surface area contributed by atoms with Crippen molar-refractivity contribution in [3.8, 4) is 0 Å². The molecule has 0 aliphatic rings. The standard InChI is InChI=1S/4C13H22O4.Sn/c4*1-4-6-8-13(10(3)14,9-7-5-2)11(15)12(16)17;/h4*4-9H2,1-3H3,(H,16,17);/q;;;;+4/p-4. The van der Waals surface area contributed by atoms with E-state index >= 15 is 0 Å². The number of hydrogen-bond donors (Lipinski definition) is 0. The first-order chi connectivity index (χ1) is 31.7. The number of carboxylic acid groups (broad SMARTS) is 4. The summed E-state index contributed by atoms with van der Waals surface area (Å²) in [5.74, 6) is -12.6. The zero-order valence-corrected chi connectivity index (χ0v) is 46.9. The van der Waals surface area contributed by atoms with Crippen LogP contribution in [0.2, 0.25) is 0 Å². The Bertz CT molecular complexity index is 1390. The van der Waals surface area contributed by atoms with E-state index in [0.717, 1.165) is 51.4 Å². The van der Waals surface area contributed by atoms with Gasteiger partial charge in [-0.1, -0.05) is 158 Å². The number of rotatable bonds is 36. The fourth-order valence-electron chi connectivity index (χ4n) is 8.07.